The molecule has 0 aliphatic rings. The van der Waals surface area contributed by atoms with E-state index in [9.17, 15) is 0 Å². The van der Waals surface area contributed by atoms with Gasteiger partial charge in [0, 0.05) is 16.3 Å². The smallest absolute Gasteiger partial charge is 0.117 e. The molecular formula is C15H13ClN4. The maximum atomic E-state index is 5.96. The number of nitrogens with zero attached hydrogens (tertiary/aromatic N) is 2. The molecule has 2 N–H and O–H groups in total. The summed E-state index contributed by atoms with van der Waals surface area (Å²) in [5, 5.41) is 15.1. The predicted octanol–water partition coefficient (Wildman–Crippen LogP) is 3.74. The van der Waals surface area contributed by atoms with Crippen LogP contribution in [0.3, 0.4) is 0 Å². The van der Waals surface area contributed by atoms with Crippen LogP contribution in [0.15, 0.2) is 54.6 Å². The number of hydrogen-bond acceptors (Lipinski definition) is 3. The Bertz CT molecular complexity index is 694. The van der Waals surface area contributed by atoms with Crippen LogP contribution in [0.2, 0.25) is 5.02 Å². The van der Waals surface area contributed by atoms with E-state index in [1.165, 1.54) is 0 Å². The summed E-state index contributed by atoms with van der Waals surface area (Å²) in [6, 6.07) is 17.6. The average Bonchev–Trinajstić information content (AvgIpc) is 2.95. The van der Waals surface area contributed by atoms with Gasteiger partial charge >= 0.3 is 0 Å². The Labute approximate surface area is 121 Å². The molecule has 0 spiro atoms. The molecule has 100 valence electrons. The molecule has 5 heteroatoms. The number of rotatable bonds is 4. The molecule has 0 saturated heterocycles. The molecular weight excluding hydrogens is 272 g/mol. The second-order valence-electron chi connectivity index (χ2n) is 4.35. The molecule has 0 aliphatic heterocycles. The number of aromatic nitrogens is 3. The lowest BCUT2D eigenvalue weighted by Gasteiger charge is -2.06. The van der Waals surface area contributed by atoms with Crippen LogP contribution in [0, 0.1) is 0 Å². The number of halogens is 1. The maximum Gasteiger partial charge on any atom is 0.117 e. The number of hydrogen-bond donors (Lipinski definition) is 2. The summed E-state index contributed by atoms with van der Waals surface area (Å²) >= 11 is 5.96. The summed E-state index contributed by atoms with van der Waals surface area (Å²) in [6.07, 6.45) is 0. The first kappa shape index (κ1) is 12.7. The quantitative estimate of drug-likeness (QED) is 0.767. The van der Waals surface area contributed by atoms with E-state index in [4.69, 9.17) is 11.6 Å². The molecule has 1 aromatic heterocycles. The van der Waals surface area contributed by atoms with Crippen LogP contribution in [-0.2, 0) is 6.54 Å². The fourth-order valence-electron chi connectivity index (χ4n) is 1.99. The van der Waals surface area contributed by atoms with Gasteiger partial charge in [0.1, 0.15) is 11.4 Å². The second kappa shape index (κ2) is 5.75. The lowest BCUT2D eigenvalue weighted by atomic mass is 10.1. The van der Waals surface area contributed by atoms with Crippen molar-refractivity contribution >= 4 is 17.3 Å². The van der Waals surface area contributed by atoms with Gasteiger partial charge in [-0.25, -0.2) is 0 Å². The Balaban J connectivity index is 1.78. The maximum absolute atomic E-state index is 5.96. The van der Waals surface area contributed by atoms with Gasteiger partial charge in [-0.15, -0.1) is 0 Å². The molecule has 1 heterocycles. The van der Waals surface area contributed by atoms with Crippen molar-refractivity contribution in [2.24, 2.45) is 0 Å². The van der Waals surface area contributed by atoms with Gasteiger partial charge < -0.3 is 5.32 Å². The molecule has 0 amide bonds. The van der Waals surface area contributed by atoms with E-state index in [1.807, 2.05) is 54.6 Å². The molecule has 0 bridgehead atoms. The van der Waals surface area contributed by atoms with Crippen molar-refractivity contribution in [3.8, 4) is 11.3 Å². The van der Waals surface area contributed by atoms with Crippen LogP contribution >= 0.6 is 11.6 Å². The van der Waals surface area contributed by atoms with E-state index in [0.717, 1.165) is 22.6 Å². The van der Waals surface area contributed by atoms with E-state index in [1.54, 1.807) is 0 Å². The minimum atomic E-state index is 0.584. The highest BCUT2D eigenvalue weighted by molar-refractivity contribution is 6.30. The van der Waals surface area contributed by atoms with Gasteiger partial charge in [-0.3, -0.25) is 0 Å². The first-order valence-corrected chi connectivity index (χ1v) is 6.65. The zero-order valence-corrected chi connectivity index (χ0v) is 11.4. The minimum absolute atomic E-state index is 0.584. The molecule has 0 radical (unpaired) electrons. The monoisotopic (exact) mass is 284 g/mol. The molecule has 4 nitrogen and oxygen atoms in total. The van der Waals surface area contributed by atoms with Crippen molar-refractivity contribution in [1.82, 2.24) is 15.4 Å². The largest absolute Gasteiger partial charge is 0.379 e. The topological polar surface area (TPSA) is 53.6 Å². The predicted molar refractivity (Wildman–Crippen MR) is 80.6 cm³/mol. The van der Waals surface area contributed by atoms with Crippen molar-refractivity contribution in [2.45, 2.75) is 6.54 Å². The minimum Gasteiger partial charge on any atom is -0.379 e. The van der Waals surface area contributed by atoms with E-state index in [-0.39, 0.29) is 0 Å². The van der Waals surface area contributed by atoms with Crippen LogP contribution < -0.4 is 5.32 Å². The SMILES string of the molecule is Clc1cccc(NCc2n[nH]nc2-c2ccccc2)c1. The first-order chi connectivity index (χ1) is 9.83. The molecule has 0 saturated carbocycles. The third-order valence-electron chi connectivity index (χ3n) is 2.95. The van der Waals surface area contributed by atoms with Crippen molar-refractivity contribution in [3.63, 3.8) is 0 Å². The molecule has 2 aromatic carbocycles. The number of aromatic amines is 1. The van der Waals surface area contributed by atoms with Crippen molar-refractivity contribution in [2.75, 3.05) is 5.32 Å². The van der Waals surface area contributed by atoms with Gasteiger partial charge in [-0.05, 0) is 18.2 Å². The van der Waals surface area contributed by atoms with Gasteiger partial charge in [-0.2, -0.15) is 15.4 Å². The molecule has 3 rings (SSSR count). The lowest BCUT2D eigenvalue weighted by molar-refractivity contribution is 0.911. The van der Waals surface area contributed by atoms with E-state index >= 15 is 0 Å². The summed E-state index contributed by atoms with van der Waals surface area (Å²) in [4.78, 5) is 0. The van der Waals surface area contributed by atoms with Crippen LogP contribution in [-0.4, -0.2) is 15.4 Å². The van der Waals surface area contributed by atoms with E-state index in [2.05, 4.69) is 20.7 Å². The summed E-state index contributed by atoms with van der Waals surface area (Å²) in [5.41, 5.74) is 3.74. The zero-order valence-electron chi connectivity index (χ0n) is 10.7. The standard InChI is InChI=1S/C15H13ClN4/c16-12-7-4-8-13(9-12)17-10-14-15(19-20-18-14)11-5-2-1-3-6-11/h1-9,17H,10H2,(H,18,19,20). The number of benzene rings is 2. The Morgan fingerprint density at radius 3 is 2.65 bits per heavy atom. The van der Waals surface area contributed by atoms with Gasteiger partial charge in [0.15, 0.2) is 0 Å². The summed E-state index contributed by atoms with van der Waals surface area (Å²) in [5.74, 6) is 0. The van der Waals surface area contributed by atoms with Crippen molar-refractivity contribution < 1.29 is 0 Å². The second-order valence-corrected chi connectivity index (χ2v) is 4.79. The van der Waals surface area contributed by atoms with Crippen LogP contribution in [0.4, 0.5) is 5.69 Å². The van der Waals surface area contributed by atoms with Crippen molar-refractivity contribution in [3.05, 3.63) is 65.3 Å². The normalized spacial score (nSPS) is 10.4. The van der Waals surface area contributed by atoms with Crippen LogP contribution in [0.1, 0.15) is 5.69 Å². The molecule has 0 unspecified atom stereocenters. The van der Waals surface area contributed by atoms with E-state index in [0.29, 0.717) is 11.6 Å². The Kier molecular flexibility index (Phi) is 3.65. The Morgan fingerprint density at radius 2 is 1.85 bits per heavy atom. The summed E-state index contributed by atoms with van der Waals surface area (Å²) < 4.78 is 0. The third-order valence-corrected chi connectivity index (χ3v) is 3.19. The summed E-state index contributed by atoms with van der Waals surface area (Å²) in [7, 11) is 0. The fourth-order valence-corrected chi connectivity index (χ4v) is 2.18. The van der Waals surface area contributed by atoms with Gasteiger partial charge in [0.05, 0.1) is 6.54 Å². The highest BCUT2D eigenvalue weighted by Crippen LogP contribution is 2.21. The number of H-pyrrole nitrogens is 1. The number of anilines is 1. The van der Waals surface area contributed by atoms with Gasteiger partial charge in [0.2, 0.25) is 0 Å². The Morgan fingerprint density at radius 1 is 1.00 bits per heavy atom. The van der Waals surface area contributed by atoms with Crippen LogP contribution in [0.25, 0.3) is 11.3 Å². The molecule has 0 atom stereocenters. The summed E-state index contributed by atoms with van der Waals surface area (Å²) in [6.45, 7) is 0.584. The highest BCUT2D eigenvalue weighted by atomic mass is 35.5. The molecule has 20 heavy (non-hydrogen) atoms. The Hall–Kier alpha value is -2.33. The molecule has 0 aliphatic carbocycles. The fraction of sp³-hybridized carbons (Fsp3) is 0.0667. The molecule has 0 fully saturated rings. The lowest BCUT2D eigenvalue weighted by Crippen LogP contribution is -2.01. The van der Waals surface area contributed by atoms with Gasteiger partial charge in [0.25, 0.3) is 0 Å². The zero-order chi connectivity index (χ0) is 13.8. The van der Waals surface area contributed by atoms with Gasteiger partial charge in [-0.1, -0.05) is 48.0 Å². The highest BCUT2D eigenvalue weighted by Gasteiger charge is 2.09. The van der Waals surface area contributed by atoms with E-state index < -0.39 is 0 Å². The average molecular weight is 285 g/mol. The molecule has 3 aromatic rings. The van der Waals surface area contributed by atoms with Crippen LogP contribution in [0.5, 0.6) is 0 Å². The number of nitrogens with one attached hydrogen (secondary N) is 2. The third kappa shape index (κ3) is 2.81. The first-order valence-electron chi connectivity index (χ1n) is 6.27. The van der Waals surface area contributed by atoms with Crippen molar-refractivity contribution in [1.29, 1.82) is 0 Å².